The quantitative estimate of drug-likeness (QED) is 0.404. The fraction of sp³-hybridized carbons (Fsp3) is 0.375. The first-order valence-electron chi connectivity index (χ1n) is 10.6. The molecule has 0 amide bonds. The van der Waals surface area contributed by atoms with Gasteiger partial charge in [0, 0.05) is 18.8 Å². The van der Waals surface area contributed by atoms with E-state index in [0.717, 1.165) is 34.9 Å². The fourth-order valence-corrected chi connectivity index (χ4v) is 3.26. The number of aryl methyl sites for hydroxylation is 2. The highest BCUT2D eigenvalue weighted by atomic mass is 16.5. The van der Waals surface area contributed by atoms with E-state index in [1.807, 2.05) is 50.2 Å². The van der Waals surface area contributed by atoms with E-state index in [2.05, 4.69) is 52.2 Å². The average molecular weight is 422 g/mol. The Morgan fingerprint density at radius 2 is 1.84 bits per heavy atom. The third kappa shape index (κ3) is 5.49. The van der Waals surface area contributed by atoms with Crippen molar-refractivity contribution in [2.45, 2.75) is 40.5 Å². The second kappa shape index (κ2) is 10.2. The fourth-order valence-electron chi connectivity index (χ4n) is 3.26. The first kappa shape index (κ1) is 22.5. The molecule has 7 nitrogen and oxygen atoms in total. The number of hydrogen-bond donors (Lipinski definition) is 2. The van der Waals surface area contributed by atoms with Gasteiger partial charge in [-0.15, -0.1) is 15.3 Å². The zero-order chi connectivity index (χ0) is 22.4. The molecule has 0 unspecified atom stereocenters. The summed E-state index contributed by atoms with van der Waals surface area (Å²) in [5.74, 6) is 1.94. The van der Waals surface area contributed by atoms with Crippen LogP contribution in [-0.4, -0.2) is 35.0 Å². The standard InChI is InChI=1S/C24H31N5O2/c1-6-29(13-14-30)19-9-12-21(18(5)15-19)25-27-24-23(22(16(2)3)26-28-24)31-20-10-7-17(4)8-11-20/h7-12,15-16,30H,6,13-14H2,1-5H3,(H,26,28). The number of aliphatic hydroxyl groups is 1. The maximum atomic E-state index is 9.25. The molecule has 0 aliphatic rings. The molecule has 0 spiro atoms. The Balaban J connectivity index is 1.87. The van der Waals surface area contributed by atoms with Crippen molar-refractivity contribution in [3.05, 3.63) is 59.3 Å². The first-order valence-corrected chi connectivity index (χ1v) is 10.6. The third-order valence-electron chi connectivity index (χ3n) is 5.10. The van der Waals surface area contributed by atoms with Crippen LogP contribution in [-0.2, 0) is 0 Å². The lowest BCUT2D eigenvalue weighted by Gasteiger charge is -2.22. The topological polar surface area (TPSA) is 86.1 Å². The molecular weight excluding hydrogens is 390 g/mol. The second-order valence-electron chi connectivity index (χ2n) is 7.83. The molecule has 3 rings (SSSR count). The van der Waals surface area contributed by atoms with E-state index in [1.165, 1.54) is 5.56 Å². The highest BCUT2D eigenvalue weighted by Gasteiger charge is 2.18. The molecule has 1 heterocycles. The van der Waals surface area contributed by atoms with Crippen molar-refractivity contribution < 1.29 is 9.84 Å². The molecule has 0 saturated heterocycles. The molecular formula is C24H31N5O2. The lowest BCUT2D eigenvalue weighted by Crippen LogP contribution is -2.26. The number of likely N-dealkylation sites (N-methyl/N-ethyl adjacent to an activating group) is 1. The molecule has 0 aliphatic carbocycles. The summed E-state index contributed by atoms with van der Waals surface area (Å²) in [6, 6.07) is 13.9. The van der Waals surface area contributed by atoms with Gasteiger partial charge in [-0.1, -0.05) is 31.5 Å². The Kier molecular flexibility index (Phi) is 7.41. The molecule has 3 aromatic rings. The van der Waals surface area contributed by atoms with Gasteiger partial charge >= 0.3 is 0 Å². The van der Waals surface area contributed by atoms with Crippen LogP contribution in [0, 0.1) is 13.8 Å². The number of hydrogen-bond acceptors (Lipinski definition) is 6. The number of azo groups is 1. The maximum Gasteiger partial charge on any atom is 0.238 e. The summed E-state index contributed by atoms with van der Waals surface area (Å²) in [6.07, 6.45) is 0. The summed E-state index contributed by atoms with van der Waals surface area (Å²) in [6.45, 7) is 11.8. The van der Waals surface area contributed by atoms with Crippen LogP contribution in [0.3, 0.4) is 0 Å². The molecule has 0 atom stereocenters. The molecule has 31 heavy (non-hydrogen) atoms. The van der Waals surface area contributed by atoms with Crippen LogP contribution in [0.2, 0.25) is 0 Å². The van der Waals surface area contributed by atoms with Gasteiger partial charge in [0.15, 0.2) is 5.75 Å². The minimum absolute atomic E-state index is 0.120. The van der Waals surface area contributed by atoms with E-state index in [1.54, 1.807) is 0 Å². The first-order chi connectivity index (χ1) is 14.9. The highest BCUT2D eigenvalue weighted by Crippen LogP contribution is 2.38. The van der Waals surface area contributed by atoms with Crippen molar-refractivity contribution in [1.29, 1.82) is 0 Å². The summed E-state index contributed by atoms with van der Waals surface area (Å²) < 4.78 is 6.13. The number of ether oxygens (including phenoxy) is 1. The van der Waals surface area contributed by atoms with Crippen LogP contribution < -0.4 is 9.64 Å². The van der Waals surface area contributed by atoms with E-state index < -0.39 is 0 Å². The Hall–Kier alpha value is -3.19. The van der Waals surface area contributed by atoms with Gasteiger partial charge < -0.3 is 14.7 Å². The molecule has 2 N–H and O–H groups in total. The number of nitrogens with zero attached hydrogens (tertiary/aromatic N) is 4. The van der Waals surface area contributed by atoms with Crippen LogP contribution in [0.15, 0.2) is 52.7 Å². The van der Waals surface area contributed by atoms with Crippen molar-refractivity contribution in [2.75, 3.05) is 24.6 Å². The number of anilines is 1. The van der Waals surface area contributed by atoms with Crippen molar-refractivity contribution in [3.63, 3.8) is 0 Å². The van der Waals surface area contributed by atoms with Gasteiger partial charge in [0.05, 0.1) is 18.0 Å². The summed E-state index contributed by atoms with van der Waals surface area (Å²) in [5.41, 5.74) is 4.86. The van der Waals surface area contributed by atoms with Gasteiger partial charge in [-0.25, -0.2) is 0 Å². The minimum Gasteiger partial charge on any atom is -0.451 e. The van der Waals surface area contributed by atoms with Gasteiger partial charge in [0.25, 0.3) is 0 Å². The zero-order valence-electron chi connectivity index (χ0n) is 18.9. The van der Waals surface area contributed by atoms with E-state index in [4.69, 9.17) is 4.74 Å². The molecule has 0 fully saturated rings. The van der Waals surface area contributed by atoms with Crippen LogP contribution >= 0.6 is 0 Å². The molecule has 0 aliphatic heterocycles. The van der Waals surface area contributed by atoms with Crippen molar-refractivity contribution >= 4 is 17.2 Å². The lowest BCUT2D eigenvalue weighted by atomic mass is 10.1. The SMILES string of the molecule is CCN(CCO)c1ccc(N=Nc2n[nH]c(C(C)C)c2Oc2ccc(C)cc2)c(C)c1. The number of H-pyrrole nitrogens is 1. The van der Waals surface area contributed by atoms with Crippen molar-refractivity contribution in [2.24, 2.45) is 10.2 Å². The van der Waals surface area contributed by atoms with E-state index in [9.17, 15) is 5.11 Å². The van der Waals surface area contributed by atoms with E-state index in [-0.39, 0.29) is 12.5 Å². The molecule has 1 aromatic heterocycles. The summed E-state index contributed by atoms with van der Waals surface area (Å²) >= 11 is 0. The maximum absolute atomic E-state index is 9.25. The largest absolute Gasteiger partial charge is 0.451 e. The zero-order valence-corrected chi connectivity index (χ0v) is 18.9. The normalized spacial score (nSPS) is 11.5. The smallest absolute Gasteiger partial charge is 0.238 e. The van der Waals surface area contributed by atoms with Gasteiger partial charge in [0.1, 0.15) is 5.75 Å². The van der Waals surface area contributed by atoms with Gasteiger partial charge in [0.2, 0.25) is 5.82 Å². The van der Waals surface area contributed by atoms with Crippen LogP contribution in [0.1, 0.15) is 43.5 Å². The number of nitrogens with one attached hydrogen (secondary N) is 1. The van der Waals surface area contributed by atoms with Crippen LogP contribution in [0.5, 0.6) is 11.5 Å². The van der Waals surface area contributed by atoms with Crippen molar-refractivity contribution in [3.8, 4) is 11.5 Å². The number of aromatic amines is 1. The monoisotopic (exact) mass is 421 g/mol. The molecule has 0 saturated carbocycles. The molecule has 7 heteroatoms. The Bertz CT molecular complexity index is 1020. The van der Waals surface area contributed by atoms with Crippen LogP contribution in [0.25, 0.3) is 0 Å². The van der Waals surface area contributed by atoms with Gasteiger partial charge in [-0.3, -0.25) is 5.10 Å². The number of aromatic nitrogens is 2. The number of benzene rings is 2. The second-order valence-corrected chi connectivity index (χ2v) is 7.83. The molecule has 2 aromatic carbocycles. The third-order valence-corrected chi connectivity index (χ3v) is 5.10. The van der Waals surface area contributed by atoms with Gasteiger partial charge in [-0.05, 0) is 62.6 Å². The molecule has 0 bridgehead atoms. The minimum atomic E-state index is 0.120. The Labute approximate surface area is 183 Å². The summed E-state index contributed by atoms with van der Waals surface area (Å²) in [4.78, 5) is 2.12. The van der Waals surface area contributed by atoms with Crippen molar-refractivity contribution in [1.82, 2.24) is 10.2 Å². The average Bonchev–Trinajstić information content (AvgIpc) is 3.15. The molecule has 164 valence electrons. The Morgan fingerprint density at radius 3 is 2.45 bits per heavy atom. The van der Waals surface area contributed by atoms with Gasteiger partial charge in [-0.2, -0.15) is 0 Å². The van der Waals surface area contributed by atoms with E-state index >= 15 is 0 Å². The van der Waals surface area contributed by atoms with E-state index in [0.29, 0.717) is 18.1 Å². The number of aliphatic hydroxyl groups excluding tert-OH is 1. The predicted octanol–water partition coefficient (Wildman–Crippen LogP) is 6.18. The predicted molar refractivity (Wildman–Crippen MR) is 124 cm³/mol. The lowest BCUT2D eigenvalue weighted by molar-refractivity contribution is 0.302. The van der Waals surface area contributed by atoms with Crippen LogP contribution in [0.4, 0.5) is 17.2 Å². The number of rotatable bonds is 9. The Morgan fingerprint density at radius 1 is 1.10 bits per heavy atom. The molecule has 0 radical (unpaired) electrons. The summed E-state index contributed by atoms with van der Waals surface area (Å²) in [7, 11) is 0. The summed E-state index contributed by atoms with van der Waals surface area (Å²) in [5, 5.41) is 25.4. The highest BCUT2D eigenvalue weighted by molar-refractivity contribution is 5.58.